The molecule has 0 aliphatic heterocycles. The molecule has 9 heteroatoms. The number of benzene rings is 4. The van der Waals surface area contributed by atoms with E-state index in [-0.39, 0.29) is 18.4 Å². The molecule has 5 rings (SSSR count). The Morgan fingerprint density at radius 2 is 1.68 bits per heavy atom. The zero-order chi connectivity index (χ0) is 28.8. The summed E-state index contributed by atoms with van der Waals surface area (Å²) in [6.07, 6.45) is 0. The van der Waals surface area contributed by atoms with Crippen LogP contribution < -0.4 is 19.7 Å². The van der Waals surface area contributed by atoms with Crippen LogP contribution in [0.1, 0.15) is 22.7 Å². The van der Waals surface area contributed by atoms with Gasteiger partial charge in [0.2, 0.25) is 11.8 Å². The molecule has 0 fully saturated rings. The van der Waals surface area contributed by atoms with Gasteiger partial charge in [0.05, 0.1) is 25.4 Å². The highest BCUT2D eigenvalue weighted by Crippen LogP contribution is 2.37. The fraction of sp³-hybridized carbons (Fsp3) is 0.188. The Bertz CT molecular complexity index is 1670. The average Bonchev–Trinajstić information content (AvgIpc) is 3.41. The summed E-state index contributed by atoms with van der Waals surface area (Å²) in [5.74, 6) is 0.292. The Hall–Kier alpha value is -5.18. The van der Waals surface area contributed by atoms with Crippen molar-refractivity contribution in [3.8, 4) is 11.5 Å². The summed E-state index contributed by atoms with van der Waals surface area (Å²) in [6, 6.07) is 28.7. The highest BCUT2D eigenvalue weighted by Gasteiger charge is 2.35. The quantitative estimate of drug-likeness (QED) is 0.268. The highest BCUT2D eigenvalue weighted by atomic mass is 16.5. The van der Waals surface area contributed by atoms with Gasteiger partial charge in [-0.1, -0.05) is 65.9 Å². The lowest BCUT2D eigenvalue weighted by Crippen LogP contribution is -2.45. The first-order chi connectivity index (χ1) is 20.0. The number of nitrogens with one attached hydrogen (secondary N) is 1. The van der Waals surface area contributed by atoms with Gasteiger partial charge in [0.25, 0.3) is 0 Å². The first-order valence-corrected chi connectivity index (χ1v) is 13.2. The first-order valence-electron chi connectivity index (χ1n) is 13.2. The Morgan fingerprint density at radius 3 is 2.46 bits per heavy atom. The smallest absolute Gasteiger partial charge is 0.249 e. The van der Waals surface area contributed by atoms with Crippen LogP contribution in [-0.4, -0.2) is 41.0 Å². The lowest BCUT2D eigenvalue weighted by atomic mass is 10.0. The number of fused-ring (bicyclic) bond motifs is 1. The Morgan fingerprint density at radius 1 is 0.902 bits per heavy atom. The number of aromatic nitrogens is 3. The topological polar surface area (TPSA) is 98.6 Å². The molecule has 4 aromatic carbocycles. The van der Waals surface area contributed by atoms with Gasteiger partial charge in [-0.2, -0.15) is 0 Å². The number of rotatable bonds is 10. The highest BCUT2D eigenvalue weighted by molar-refractivity contribution is 6.02. The van der Waals surface area contributed by atoms with Crippen LogP contribution in [0.25, 0.3) is 11.0 Å². The van der Waals surface area contributed by atoms with Crippen molar-refractivity contribution in [1.82, 2.24) is 20.3 Å². The number of hydrogen-bond donors (Lipinski definition) is 1. The number of aryl methyl sites for hydroxylation is 1. The van der Waals surface area contributed by atoms with E-state index in [0.717, 1.165) is 11.1 Å². The molecule has 1 aromatic heterocycles. The SMILES string of the molecule is COc1cccc([C@H](C(=O)NCc2ccccc2)N(C(=O)Cn2nnc3ccccc32)c2cc(C)ccc2OC)c1. The van der Waals surface area contributed by atoms with Crippen molar-refractivity contribution in [3.63, 3.8) is 0 Å². The number of methoxy groups -OCH3 is 2. The zero-order valence-electron chi connectivity index (χ0n) is 23.2. The molecule has 1 N–H and O–H groups in total. The summed E-state index contributed by atoms with van der Waals surface area (Å²) >= 11 is 0. The average molecular weight is 550 g/mol. The van der Waals surface area contributed by atoms with Crippen molar-refractivity contribution in [3.05, 3.63) is 114 Å². The molecule has 9 nitrogen and oxygen atoms in total. The van der Waals surface area contributed by atoms with E-state index in [1.165, 1.54) is 16.7 Å². The van der Waals surface area contributed by atoms with Crippen LogP contribution in [0, 0.1) is 6.92 Å². The molecule has 0 saturated carbocycles. The molecule has 0 bridgehead atoms. The fourth-order valence-electron chi connectivity index (χ4n) is 4.76. The summed E-state index contributed by atoms with van der Waals surface area (Å²) in [4.78, 5) is 29.9. The number of hydrogen-bond acceptors (Lipinski definition) is 6. The summed E-state index contributed by atoms with van der Waals surface area (Å²) in [6.45, 7) is 2.07. The molecular weight excluding hydrogens is 518 g/mol. The van der Waals surface area contributed by atoms with Crippen molar-refractivity contribution >= 4 is 28.5 Å². The number of amides is 2. The lowest BCUT2D eigenvalue weighted by Gasteiger charge is -2.33. The maximum Gasteiger partial charge on any atom is 0.249 e. The van der Waals surface area contributed by atoms with E-state index in [2.05, 4.69) is 15.6 Å². The van der Waals surface area contributed by atoms with Gasteiger partial charge >= 0.3 is 0 Å². The van der Waals surface area contributed by atoms with Crippen molar-refractivity contribution in [2.45, 2.75) is 26.1 Å². The van der Waals surface area contributed by atoms with Crippen molar-refractivity contribution < 1.29 is 19.1 Å². The molecule has 1 heterocycles. The number of carbonyl (C=O) groups is 2. The van der Waals surface area contributed by atoms with Crippen LogP contribution in [0.2, 0.25) is 0 Å². The molecule has 0 aliphatic rings. The molecule has 0 unspecified atom stereocenters. The molecule has 208 valence electrons. The predicted octanol–water partition coefficient (Wildman–Crippen LogP) is 4.85. The van der Waals surface area contributed by atoms with Crippen LogP contribution in [0.5, 0.6) is 11.5 Å². The second-order valence-corrected chi connectivity index (χ2v) is 9.56. The second-order valence-electron chi connectivity index (χ2n) is 9.56. The first kappa shape index (κ1) is 27.4. The number of ether oxygens (including phenoxy) is 2. The number of anilines is 1. The standard InChI is InChI=1S/C32H31N5O4/c1-22-16-17-29(41-3)28(18-22)37(30(38)21-36-27-15-8-7-14-26(27)34-35-36)31(24-12-9-13-25(19-24)40-2)32(39)33-20-23-10-5-4-6-11-23/h4-19,31H,20-21H2,1-3H3,(H,33,39)/t31-/m1/s1. The largest absolute Gasteiger partial charge is 0.497 e. The predicted molar refractivity (Wildman–Crippen MR) is 157 cm³/mol. The van der Waals surface area contributed by atoms with Crippen LogP contribution in [-0.2, 0) is 22.7 Å². The molecule has 41 heavy (non-hydrogen) atoms. The molecule has 2 amide bonds. The van der Waals surface area contributed by atoms with Gasteiger partial charge in [0.1, 0.15) is 29.6 Å². The molecule has 0 saturated heterocycles. The minimum atomic E-state index is -1.05. The third-order valence-electron chi connectivity index (χ3n) is 6.79. The van der Waals surface area contributed by atoms with Gasteiger partial charge in [-0.05, 0) is 60.0 Å². The monoisotopic (exact) mass is 549 g/mol. The maximum absolute atomic E-state index is 14.4. The van der Waals surface area contributed by atoms with Gasteiger partial charge in [0, 0.05) is 6.54 Å². The third kappa shape index (κ3) is 6.04. The van der Waals surface area contributed by atoms with E-state index in [1.807, 2.05) is 79.7 Å². The molecule has 0 spiro atoms. The molecule has 0 radical (unpaired) electrons. The van der Waals surface area contributed by atoms with Gasteiger partial charge in [-0.3, -0.25) is 14.5 Å². The van der Waals surface area contributed by atoms with Gasteiger partial charge in [0.15, 0.2) is 0 Å². The van der Waals surface area contributed by atoms with E-state index in [9.17, 15) is 9.59 Å². The van der Waals surface area contributed by atoms with Crippen molar-refractivity contribution in [1.29, 1.82) is 0 Å². The van der Waals surface area contributed by atoms with E-state index in [4.69, 9.17) is 9.47 Å². The Labute approximate surface area is 238 Å². The molecular formula is C32H31N5O4. The number of nitrogens with zero attached hydrogens (tertiary/aromatic N) is 4. The maximum atomic E-state index is 14.4. The van der Waals surface area contributed by atoms with E-state index in [1.54, 1.807) is 31.4 Å². The van der Waals surface area contributed by atoms with Crippen molar-refractivity contribution in [2.24, 2.45) is 0 Å². The minimum absolute atomic E-state index is 0.149. The van der Waals surface area contributed by atoms with Gasteiger partial charge < -0.3 is 14.8 Å². The number of para-hydroxylation sites is 1. The summed E-state index contributed by atoms with van der Waals surface area (Å²) in [7, 11) is 3.10. The fourth-order valence-corrected chi connectivity index (χ4v) is 4.76. The van der Waals surface area contributed by atoms with Crippen LogP contribution in [0.4, 0.5) is 5.69 Å². The molecule has 1 atom stereocenters. The molecule has 0 aliphatic carbocycles. The second kappa shape index (κ2) is 12.3. The van der Waals surface area contributed by atoms with Gasteiger partial charge in [-0.15, -0.1) is 5.10 Å². The van der Waals surface area contributed by atoms with Crippen LogP contribution in [0.15, 0.2) is 97.1 Å². The number of carbonyl (C=O) groups excluding carboxylic acids is 2. The summed E-state index contributed by atoms with van der Waals surface area (Å²) < 4.78 is 12.7. The zero-order valence-corrected chi connectivity index (χ0v) is 23.2. The lowest BCUT2D eigenvalue weighted by molar-refractivity contribution is -0.127. The normalized spacial score (nSPS) is 11.6. The van der Waals surface area contributed by atoms with E-state index >= 15 is 0 Å². The van der Waals surface area contributed by atoms with Crippen LogP contribution >= 0.6 is 0 Å². The van der Waals surface area contributed by atoms with Crippen LogP contribution in [0.3, 0.4) is 0 Å². The van der Waals surface area contributed by atoms with E-state index in [0.29, 0.717) is 40.3 Å². The molecule has 5 aromatic rings. The Kier molecular flexibility index (Phi) is 8.24. The van der Waals surface area contributed by atoms with Gasteiger partial charge in [-0.25, -0.2) is 4.68 Å². The van der Waals surface area contributed by atoms with Crippen molar-refractivity contribution in [2.75, 3.05) is 19.1 Å². The summed E-state index contributed by atoms with van der Waals surface area (Å²) in [5.41, 5.74) is 4.26. The third-order valence-corrected chi connectivity index (χ3v) is 6.79. The Balaban J connectivity index is 1.62. The van der Waals surface area contributed by atoms with E-state index < -0.39 is 6.04 Å². The minimum Gasteiger partial charge on any atom is -0.497 e. The summed E-state index contributed by atoms with van der Waals surface area (Å²) in [5, 5.41) is 11.4.